The van der Waals surface area contributed by atoms with Crippen LogP contribution in [0.25, 0.3) is 0 Å². The highest BCUT2D eigenvalue weighted by Crippen LogP contribution is 2.39. The van der Waals surface area contributed by atoms with Gasteiger partial charge in [0.05, 0.1) is 23.8 Å². The van der Waals surface area contributed by atoms with Crippen LogP contribution in [0.5, 0.6) is 0 Å². The molecule has 1 N–H and O–H groups in total. The molecule has 4 rings (SSSR count). The second-order valence-corrected chi connectivity index (χ2v) is 9.25. The molecule has 0 spiro atoms. The number of rotatable bonds is 10. The molecule has 1 aliphatic heterocycles. The molecule has 1 amide bonds. The Morgan fingerprint density at radius 3 is 2.35 bits per heavy atom. The lowest BCUT2D eigenvalue weighted by atomic mass is 9.92. The van der Waals surface area contributed by atoms with Crippen LogP contribution in [-0.4, -0.2) is 34.3 Å². The number of amides is 1. The number of aliphatic hydroxyl groups excluding tert-OH is 1. The Morgan fingerprint density at radius 1 is 0.946 bits per heavy atom. The second-order valence-electron chi connectivity index (χ2n) is 9.25. The molecule has 1 atom stereocenters. The van der Waals surface area contributed by atoms with E-state index in [1.54, 1.807) is 24.3 Å². The standard InChI is InChI=1S/C31H31NO5/c1-3-18-37-31(36)24-15-12-23(13-16-24)20-32-28(25-11-7-8-21(2)19-25)27(29(34)30(32)35)26(33)17-14-22-9-5-4-6-10-22/h4-13,15-16,19,28,34H,3,14,17-18,20H2,1-2H3. The third-order valence-electron chi connectivity index (χ3n) is 6.43. The number of esters is 1. The Bertz CT molecular complexity index is 1310. The number of hydrogen-bond acceptors (Lipinski definition) is 5. The summed E-state index contributed by atoms with van der Waals surface area (Å²) in [5, 5.41) is 10.9. The Labute approximate surface area is 217 Å². The maximum atomic E-state index is 13.4. The third-order valence-corrected chi connectivity index (χ3v) is 6.43. The molecule has 6 nitrogen and oxygen atoms in total. The predicted molar refractivity (Wildman–Crippen MR) is 141 cm³/mol. The van der Waals surface area contributed by atoms with Gasteiger partial charge >= 0.3 is 5.97 Å². The van der Waals surface area contributed by atoms with E-state index in [-0.39, 0.29) is 24.3 Å². The summed E-state index contributed by atoms with van der Waals surface area (Å²) in [5.74, 6) is -1.73. The van der Waals surface area contributed by atoms with Crippen LogP contribution in [0.2, 0.25) is 0 Å². The van der Waals surface area contributed by atoms with E-state index in [4.69, 9.17) is 4.74 Å². The Balaban J connectivity index is 1.60. The van der Waals surface area contributed by atoms with Crippen molar-refractivity contribution in [3.05, 3.63) is 118 Å². The molecule has 37 heavy (non-hydrogen) atoms. The number of hydrogen-bond donors (Lipinski definition) is 1. The Hall–Kier alpha value is -4.19. The van der Waals surface area contributed by atoms with E-state index < -0.39 is 23.7 Å². The van der Waals surface area contributed by atoms with Gasteiger partial charge in [-0.25, -0.2) is 4.79 Å². The van der Waals surface area contributed by atoms with Crippen molar-refractivity contribution in [2.75, 3.05) is 6.61 Å². The van der Waals surface area contributed by atoms with Gasteiger partial charge in [-0.1, -0.05) is 79.2 Å². The first-order valence-electron chi connectivity index (χ1n) is 12.5. The van der Waals surface area contributed by atoms with E-state index in [0.29, 0.717) is 18.6 Å². The lowest BCUT2D eigenvalue weighted by Crippen LogP contribution is -2.30. The SMILES string of the molecule is CCCOC(=O)c1ccc(CN2C(=O)C(O)=C(C(=O)CCc3ccccc3)C2c2cccc(C)c2)cc1. The van der Waals surface area contributed by atoms with Gasteiger partial charge in [-0.2, -0.15) is 0 Å². The van der Waals surface area contributed by atoms with E-state index in [1.165, 1.54) is 4.90 Å². The van der Waals surface area contributed by atoms with Crippen LogP contribution in [0.3, 0.4) is 0 Å². The van der Waals surface area contributed by atoms with Crippen molar-refractivity contribution in [2.24, 2.45) is 0 Å². The largest absolute Gasteiger partial charge is 0.503 e. The average Bonchev–Trinajstić information content (AvgIpc) is 3.16. The number of nitrogens with zero attached hydrogens (tertiary/aromatic N) is 1. The minimum Gasteiger partial charge on any atom is -0.503 e. The van der Waals surface area contributed by atoms with Gasteiger partial charge in [-0.3, -0.25) is 9.59 Å². The summed E-state index contributed by atoms with van der Waals surface area (Å²) >= 11 is 0. The van der Waals surface area contributed by atoms with Crippen molar-refractivity contribution in [2.45, 2.75) is 45.7 Å². The fourth-order valence-electron chi connectivity index (χ4n) is 4.55. The van der Waals surface area contributed by atoms with Gasteiger partial charge in [0.2, 0.25) is 0 Å². The molecule has 0 aliphatic carbocycles. The van der Waals surface area contributed by atoms with Crippen LogP contribution >= 0.6 is 0 Å². The fourth-order valence-corrected chi connectivity index (χ4v) is 4.55. The van der Waals surface area contributed by atoms with Crippen LogP contribution in [-0.2, 0) is 27.3 Å². The number of Topliss-reactive ketones (excluding diaryl/α,β-unsaturated/α-hetero) is 1. The van der Waals surface area contributed by atoms with Crippen LogP contribution in [0.1, 0.15) is 58.4 Å². The zero-order valence-electron chi connectivity index (χ0n) is 21.1. The molecule has 1 aliphatic rings. The highest BCUT2D eigenvalue weighted by atomic mass is 16.5. The number of aliphatic hydroxyl groups is 1. The minimum atomic E-state index is -0.704. The number of ether oxygens (including phenoxy) is 1. The van der Waals surface area contributed by atoms with Crippen LogP contribution < -0.4 is 0 Å². The highest BCUT2D eigenvalue weighted by Gasteiger charge is 2.43. The molecule has 3 aromatic carbocycles. The molecule has 0 bridgehead atoms. The maximum absolute atomic E-state index is 13.4. The molecule has 190 valence electrons. The maximum Gasteiger partial charge on any atom is 0.338 e. The smallest absolute Gasteiger partial charge is 0.338 e. The molecule has 1 unspecified atom stereocenters. The average molecular weight is 498 g/mol. The number of aryl methyl sites for hydroxylation is 2. The van der Waals surface area contributed by atoms with Gasteiger partial charge in [0.1, 0.15) is 0 Å². The fraction of sp³-hybridized carbons (Fsp3) is 0.258. The zero-order chi connectivity index (χ0) is 26.4. The quantitative estimate of drug-likeness (QED) is 0.366. The molecular formula is C31H31NO5. The molecule has 3 aromatic rings. The van der Waals surface area contributed by atoms with Gasteiger partial charge < -0.3 is 14.7 Å². The van der Waals surface area contributed by atoms with Crippen molar-refractivity contribution in [3.8, 4) is 0 Å². The third kappa shape index (κ3) is 5.97. The van der Waals surface area contributed by atoms with Crippen LogP contribution in [0.15, 0.2) is 90.2 Å². The van der Waals surface area contributed by atoms with Gasteiger partial charge in [0.25, 0.3) is 5.91 Å². The van der Waals surface area contributed by atoms with Gasteiger partial charge in [0, 0.05) is 13.0 Å². The number of carbonyl (C=O) groups excluding carboxylic acids is 3. The summed E-state index contributed by atoms with van der Waals surface area (Å²) in [6.45, 7) is 4.40. The molecule has 0 radical (unpaired) electrons. The van der Waals surface area contributed by atoms with Crippen molar-refractivity contribution < 1.29 is 24.2 Å². The first kappa shape index (κ1) is 25.9. The van der Waals surface area contributed by atoms with E-state index in [0.717, 1.165) is 28.7 Å². The molecule has 0 fully saturated rings. The van der Waals surface area contributed by atoms with E-state index in [1.807, 2.05) is 68.4 Å². The van der Waals surface area contributed by atoms with E-state index in [9.17, 15) is 19.5 Å². The number of benzene rings is 3. The molecule has 1 heterocycles. The first-order chi connectivity index (χ1) is 17.9. The predicted octanol–water partition coefficient (Wildman–Crippen LogP) is 5.66. The molecule has 0 saturated carbocycles. The summed E-state index contributed by atoms with van der Waals surface area (Å²) in [6.07, 6.45) is 1.44. The lowest BCUT2D eigenvalue weighted by molar-refractivity contribution is -0.130. The topological polar surface area (TPSA) is 83.9 Å². The van der Waals surface area contributed by atoms with Crippen LogP contribution in [0, 0.1) is 6.92 Å². The summed E-state index contributed by atoms with van der Waals surface area (Å²) in [4.78, 5) is 40.3. The van der Waals surface area contributed by atoms with E-state index in [2.05, 4.69) is 0 Å². The van der Waals surface area contributed by atoms with E-state index >= 15 is 0 Å². The van der Waals surface area contributed by atoms with Crippen molar-refractivity contribution >= 4 is 17.7 Å². The van der Waals surface area contributed by atoms with Crippen molar-refractivity contribution in [1.82, 2.24) is 4.90 Å². The Kier molecular flexibility index (Phi) is 8.18. The normalized spacial score (nSPS) is 15.2. The van der Waals surface area contributed by atoms with Gasteiger partial charge in [-0.05, 0) is 48.6 Å². The summed E-state index contributed by atoms with van der Waals surface area (Å²) in [6, 6.07) is 23.4. The Morgan fingerprint density at radius 2 is 1.68 bits per heavy atom. The monoisotopic (exact) mass is 497 g/mol. The van der Waals surface area contributed by atoms with Crippen molar-refractivity contribution in [3.63, 3.8) is 0 Å². The second kappa shape index (κ2) is 11.7. The molecule has 0 aromatic heterocycles. The summed E-state index contributed by atoms with van der Waals surface area (Å²) < 4.78 is 5.18. The summed E-state index contributed by atoms with van der Waals surface area (Å²) in [7, 11) is 0. The lowest BCUT2D eigenvalue weighted by Gasteiger charge is -2.27. The minimum absolute atomic E-state index is 0.131. The number of carbonyl (C=O) groups is 3. The zero-order valence-corrected chi connectivity index (χ0v) is 21.1. The van der Waals surface area contributed by atoms with Gasteiger partial charge in [-0.15, -0.1) is 0 Å². The van der Waals surface area contributed by atoms with Crippen molar-refractivity contribution in [1.29, 1.82) is 0 Å². The molecule has 6 heteroatoms. The number of ketones is 1. The highest BCUT2D eigenvalue weighted by molar-refractivity contribution is 6.09. The van der Waals surface area contributed by atoms with Crippen LogP contribution in [0.4, 0.5) is 0 Å². The first-order valence-corrected chi connectivity index (χ1v) is 12.5. The molecule has 0 saturated heterocycles. The molecular weight excluding hydrogens is 466 g/mol. The summed E-state index contributed by atoms with van der Waals surface area (Å²) in [5.41, 5.74) is 4.09. The van der Waals surface area contributed by atoms with Gasteiger partial charge in [0.15, 0.2) is 11.5 Å².